The molecule has 1 fully saturated rings. The molecule has 1 atom stereocenters. The van der Waals surface area contributed by atoms with E-state index in [1.165, 1.54) is 0 Å². The summed E-state index contributed by atoms with van der Waals surface area (Å²) >= 11 is 1.55. The van der Waals surface area contributed by atoms with Crippen LogP contribution in [0.3, 0.4) is 0 Å². The predicted molar refractivity (Wildman–Crippen MR) is 93.2 cm³/mol. The molecule has 1 aromatic carbocycles. The molecule has 0 aliphatic carbocycles. The number of hydrogen-bond donors (Lipinski definition) is 1. The van der Waals surface area contributed by atoms with Gasteiger partial charge in [-0.2, -0.15) is 0 Å². The quantitative estimate of drug-likeness (QED) is 0.926. The summed E-state index contributed by atoms with van der Waals surface area (Å²) in [7, 11) is 0. The summed E-state index contributed by atoms with van der Waals surface area (Å²) in [6, 6.07) is 7.40. The lowest BCUT2D eigenvalue weighted by molar-refractivity contribution is -0.150. The SMILES string of the molecule is Cc1csc(-c2cccc(C(=O)N3CCCC(C)(C(=O)O)C3)c2)n1. The number of aromatic nitrogens is 1. The highest BCUT2D eigenvalue weighted by molar-refractivity contribution is 7.13. The molecule has 1 saturated heterocycles. The van der Waals surface area contributed by atoms with Crippen LogP contribution in [0.4, 0.5) is 0 Å². The zero-order valence-corrected chi connectivity index (χ0v) is 14.6. The Morgan fingerprint density at radius 3 is 2.83 bits per heavy atom. The first kappa shape index (κ1) is 16.6. The van der Waals surface area contributed by atoms with Crippen LogP contribution in [0.25, 0.3) is 10.6 Å². The smallest absolute Gasteiger partial charge is 0.311 e. The number of thiazole rings is 1. The molecule has 2 aromatic rings. The van der Waals surface area contributed by atoms with E-state index in [-0.39, 0.29) is 12.5 Å². The van der Waals surface area contributed by atoms with Crippen LogP contribution in [-0.4, -0.2) is 40.0 Å². The maximum Gasteiger partial charge on any atom is 0.311 e. The fourth-order valence-corrected chi connectivity index (χ4v) is 3.84. The largest absolute Gasteiger partial charge is 0.481 e. The first-order chi connectivity index (χ1) is 11.4. The number of carbonyl (C=O) groups excluding carboxylic acids is 1. The van der Waals surface area contributed by atoms with Crippen molar-refractivity contribution in [2.75, 3.05) is 13.1 Å². The molecule has 6 heteroatoms. The van der Waals surface area contributed by atoms with Gasteiger partial charge in [0.1, 0.15) is 5.01 Å². The Labute approximate surface area is 145 Å². The van der Waals surface area contributed by atoms with Gasteiger partial charge in [0.15, 0.2) is 0 Å². The lowest BCUT2D eigenvalue weighted by Crippen LogP contribution is -2.48. The summed E-state index contributed by atoms with van der Waals surface area (Å²) in [6.45, 7) is 4.50. The Morgan fingerprint density at radius 1 is 1.38 bits per heavy atom. The number of piperidine rings is 1. The van der Waals surface area contributed by atoms with Crippen LogP contribution in [0, 0.1) is 12.3 Å². The van der Waals surface area contributed by atoms with Crippen molar-refractivity contribution in [2.24, 2.45) is 5.41 Å². The van der Waals surface area contributed by atoms with Gasteiger partial charge >= 0.3 is 5.97 Å². The van der Waals surface area contributed by atoms with Crippen molar-refractivity contribution in [2.45, 2.75) is 26.7 Å². The number of nitrogens with zero attached hydrogens (tertiary/aromatic N) is 2. The number of likely N-dealkylation sites (tertiary alicyclic amines) is 1. The number of hydrogen-bond acceptors (Lipinski definition) is 4. The topological polar surface area (TPSA) is 70.5 Å². The minimum Gasteiger partial charge on any atom is -0.481 e. The lowest BCUT2D eigenvalue weighted by atomic mass is 9.82. The van der Waals surface area contributed by atoms with E-state index in [0.29, 0.717) is 24.9 Å². The highest BCUT2D eigenvalue weighted by Crippen LogP contribution is 2.31. The van der Waals surface area contributed by atoms with Gasteiger partial charge in [-0.1, -0.05) is 12.1 Å². The van der Waals surface area contributed by atoms with Crippen molar-refractivity contribution >= 4 is 23.2 Å². The van der Waals surface area contributed by atoms with E-state index in [9.17, 15) is 14.7 Å². The molecule has 2 heterocycles. The number of benzene rings is 1. The number of carboxylic acid groups (broad SMARTS) is 1. The molecule has 5 nitrogen and oxygen atoms in total. The normalized spacial score (nSPS) is 20.8. The van der Waals surface area contributed by atoms with Crippen LogP contribution in [0.1, 0.15) is 35.8 Å². The highest BCUT2D eigenvalue weighted by atomic mass is 32.1. The molecule has 1 aliphatic rings. The number of amides is 1. The van der Waals surface area contributed by atoms with Crippen LogP contribution in [0.15, 0.2) is 29.6 Å². The van der Waals surface area contributed by atoms with Gasteiger partial charge < -0.3 is 10.0 Å². The minimum atomic E-state index is -0.863. The molecular formula is C18H20N2O3S. The average molecular weight is 344 g/mol. The summed E-state index contributed by atoms with van der Waals surface area (Å²) < 4.78 is 0. The summed E-state index contributed by atoms with van der Waals surface area (Å²) in [5, 5.41) is 12.3. The zero-order chi connectivity index (χ0) is 17.3. The Hall–Kier alpha value is -2.21. The monoisotopic (exact) mass is 344 g/mol. The maximum atomic E-state index is 12.8. The van der Waals surface area contributed by atoms with Gasteiger partial charge in [0.05, 0.1) is 5.41 Å². The first-order valence-corrected chi connectivity index (χ1v) is 8.82. The van der Waals surface area contributed by atoms with Gasteiger partial charge in [-0.15, -0.1) is 11.3 Å². The van der Waals surface area contributed by atoms with Gasteiger partial charge in [-0.25, -0.2) is 4.98 Å². The number of carboxylic acids is 1. The standard InChI is InChI=1S/C18H20N2O3S/c1-12-10-24-15(19-12)13-5-3-6-14(9-13)16(21)20-8-4-7-18(2,11-20)17(22)23/h3,5-6,9-10H,4,7-8,11H2,1-2H3,(H,22,23). The second-order valence-corrected chi connectivity index (χ2v) is 7.43. The summed E-state index contributed by atoms with van der Waals surface area (Å²) in [4.78, 5) is 30.4. The molecule has 1 aromatic heterocycles. The predicted octanol–water partition coefficient (Wildman–Crippen LogP) is 3.45. The van der Waals surface area contributed by atoms with Crippen molar-refractivity contribution in [1.82, 2.24) is 9.88 Å². The summed E-state index contributed by atoms with van der Waals surface area (Å²) in [5.41, 5.74) is 1.59. The van der Waals surface area contributed by atoms with Gasteiger partial charge in [-0.05, 0) is 38.8 Å². The number of rotatable bonds is 3. The molecule has 126 valence electrons. The Bertz CT molecular complexity index is 786. The minimum absolute atomic E-state index is 0.114. The van der Waals surface area contributed by atoms with E-state index in [2.05, 4.69) is 4.98 Å². The van der Waals surface area contributed by atoms with Gasteiger partial charge in [0, 0.05) is 35.3 Å². The molecule has 1 amide bonds. The molecule has 0 bridgehead atoms. The van der Waals surface area contributed by atoms with Gasteiger partial charge in [0.2, 0.25) is 0 Å². The van der Waals surface area contributed by atoms with Gasteiger partial charge in [0.25, 0.3) is 5.91 Å². The van der Waals surface area contributed by atoms with E-state index >= 15 is 0 Å². The zero-order valence-electron chi connectivity index (χ0n) is 13.8. The van der Waals surface area contributed by atoms with Crippen LogP contribution < -0.4 is 0 Å². The molecule has 1 unspecified atom stereocenters. The summed E-state index contributed by atoms with van der Waals surface area (Å²) in [5.74, 6) is -0.954. The molecule has 0 spiro atoms. The van der Waals surface area contributed by atoms with Gasteiger partial charge in [-0.3, -0.25) is 9.59 Å². The fourth-order valence-electron chi connectivity index (χ4n) is 3.04. The fraction of sp³-hybridized carbons (Fsp3) is 0.389. The van der Waals surface area contributed by atoms with E-state index in [4.69, 9.17) is 0 Å². The molecular weight excluding hydrogens is 324 g/mol. The van der Waals surface area contributed by atoms with Crippen molar-refractivity contribution < 1.29 is 14.7 Å². The van der Waals surface area contributed by atoms with E-state index in [1.807, 2.05) is 30.5 Å². The Kier molecular flexibility index (Phi) is 4.41. The number of carbonyl (C=O) groups is 2. The third-order valence-electron chi connectivity index (χ3n) is 4.48. The lowest BCUT2D eigenvalue weighted by Gasteiger charge is -2.37. The molecule has 0 radical (unpaired) electrons. The molecule has 3 rings (SSSR count). The van der Waals surface area contributed by atoms with Crippen LogP contribution in [0.5, 0.6) is 0 Å². The van der Waals surface area contributed by atoms with Crippen molar-refractivity contribution in [3.05, 3.63) is 40.9 Å². The molecule has 1 N–H and O–H groups in total. The summed E-state index contributed by atoms with van der Waals surface area (Å²) in [6.07, 6.45) is 1.31. The Balaban J connectivity index is 1.84. The van der Waals surface area contributed by atoms with Crippen LogP contribution in [-0.2, 0) is 4.79 Å². The second kappa shape index (κ2) is 6.36. The van der Waals surface area contributed by atoms with Crippen molar-refractivity contribution in [1.29, 1.82) is 0 Å². The second-order valence-electron chi connectivity index (χ2n) is 6.57. The molecule has 1 aliphatic heterocycles. The van der Waals surface area contributed by atoms with Crippen LogP contribution in [0.2, 0.25) is 0 Å². The molecule has 24 heavy (non-hydrogen) atoms. The Morgan fingerprint density at radius 2 is 2.17 bits per heavy atom. The van der Waals surface area contributed by atoms with E-state index in [1.54, 1.807) is 29.2 Å². The molecule has 0 saturated carbocycles. The van der Waals surface area contributed by atoms with Crippen LogP contribution >= 0.6 is 11.3 Å². The van der Waals surface area contributed by atoms with Crippen molar-refractivity contribution in [3.8, 4) is 10.6 Å². The highest BCUT2D eigenvalue weighted by Gasteiger charge is 2.39. The number of aliphatic carboxylic acids is 1. The average Bonchev–Trinajstić information content (AvgIpc) is 3.01. The van der Waals surface area contributed by atoms with Crippen molar-refractivity contribution in [3.63, 3.8) is 0 Å². The third-order valence-corrected chi connectivity index (χ3v) is 5.48. The first-order valence-electron chi connectivity index (χ1n) is 7.94. The third kappa shape index (κ3) is 3.19. The van der Waals surface area contributed by atoms with E-state index in [0.717, 1.165) is 16.3 Å². The maximum absolute atomic E-state index is 12.8. The van der Waals surface area contributed by atoms with E-state index < -0.39 is 11.4 Å². The number of aryl methyl sites for hydroxylation is 1.